The predicted octanol–water partition coefficient (Wildman–Crippen LogP) is 2.97. The van der Waals surface area contributed by atoms with E-state index in [1.54, 1.807) is 24.3 Å². The number of ether oxygens (including phenoxy) is 1. The molecule has 0 spiro atoms. The normalized spacial score (nSPS) is 8.71. The Morgan fingerprint density at radius 2 is 0.882 bits per heavy atom. The highest BCUT2D eigenvalue weighted by Crippen LogP contribution is 2.22. The molecule has 0 heterocycles. The summed E-state index contributed by atoms with van der Waals surface area (Å²) in [6.45, 7) is 0. The minimum absolute atomic E-state index is 0. The van der Waals surface area contributed by atoms with Crippen LogP contribution in [0.5, 0.6) is 11.5 Å². The number of benzene rings is 2. The lowest BCUT2D eigenvalue weighted by atomic mass is 10.3. The van der Waals surface area contributed by atoms with E-state index in [9.17, 15) is 0 Å². The minimum atomic E-state index is 0. The maximum atomic E-state index is 5.58. The summed E-state index contributed by atoms with van der Waals surface area (Å²) in [4.78, 5) is 0. The molecule has 0 amide bonds. The molecule has 0 aliphatic heterocycles. The Labute approximate surface area is 101 Å². The van der Waals surface area contributed by atoms with Gasteiger partial charge in [0, 0.05) is 11.4 Å². The Bertz CT molecular complexity index is 396. The third-order valence-corrected chi connectivity index (χ3v) is 2.00. The van der Waals surface area contributed by atoms with Crippen molar-refractivity contribution in [2.24, 2.45) is 0 Å². The van der Waals surface area contributed by atoms with Crippen LogP contribution in [0.15, 0.2) is 48.5 Å². The lowest BCUT2D eigenvalue weighted by molar-refractivity contribution is 0.483. The molecule has 5 heteroatoms. The van der Waals surface area contributed by atoms with E-state index in [0.29, 0.717) is 0 Å². The monoisotopic (exact) mass is 234 g/mol. The molecule has 0 bridgehead atoms. The Morgan fingerprint density at radius 3 is 1.18 bits per heavy atom. The van der Waals surface area contributed by atoms with Gasteiger partial charge in [-0.2, -0.15) is 0 Å². The maximum absolute atomic E-state index is 5.58. The van der Waals surface area contributed by atoms with Gasteiger partial charge in [-0.1, -0.05) is 0 Å². The summed E-state index contributed by atoms with van der Waals surface area (Å²) in [6.07, 6.45) is 0. The molecule has 0 saturated heterocycles. The fourth-order valence-electron chi connectivity index (χ4n) is 1.21. The average Bonchev–Trinajstić information content (AvgIpc) is 2.25. The lowest BCUT2D eigenvalue weighted by Crippen LogP contribution is -1.87. The molecular weight excluding hydrogens is 216 g/mol. The SMILES string of the molecule is N.N.Nc1ccc(Oc2ccc(N)cc2)cc1. The van der Waals surface area contributed by atoms with Crippen LogP contribution < -0.4 is 28.5 Å². The van der Waals surface area contributed by atoms with Gasteiger partial charge in [0.05, 0.1) is 0 Å². The van der Waals surface area contributed by atoms with Gasteiger partial charge in [-0.25, -0.2) is 0 Å². The molecule has 0 aliphatic rings. The van der Waals surface area contributed by atoms with Gasteiger partial charge in [0.25, 0.3) is 0 Å². The number of nitrogen functional groups attached to an aromatic ring is 2. The quantitative estimate of drug-likeness (QED) is 0.593. The predicted molar refractivity (Wildman–Crippen MR) is 71.8 cm³/mol. The molecule has 0 saturated carbocycles. The van der Waals surface area contributed by atoms with Crippen molar-refractivity contribution in [3.05, 3.63) is 48.5 Å². The van der Waals surface area contributed by atoms with Crippen LogP contribution in [-0.2, 0) is 0 Å². The Morgan fingerprint density at radius 1 is 0.588 bits per heavy atom. The molecular formula is C12H18N4O. The van der Waals surface area contributed by atoms with Crippen LogP contribution in [0.25, 0.3) is 0 Å². The van der Waals surface area contributed by atoms with Crippen LogP contribution in [0.3, 0.4) is 0 Å². The largest absolute Gasteiger partial charge is 0.457 e. The smallest absolute Gasteiger partial charge is 0.127 e. The zero-order valence-corrected chi connectivity index (χ0v) is 9.60. The molecule has 2 aromatic rings. The molecule has 2 rings (SSSR count). The van der Waals surface area contributed by atoms with Crippen molar-refractivity contribution in [2.45, 2.75) is 0 Å². The van der Waals surface area contributed by atoms with Crippen molar-refractivity contribution >= 4 is 11.4 Å². The molecule has 17 heavy (non-hydrogen) atoms. The summed E-state index contributed by atoms with van der Waals surface area (Å²) in [7, 11) is 0. The van der Waals surface area contributed by atoms with Gasteiger partial charge in [-0.3, -0.25) is 0 Å². The zero-order chi connectivity index (χ0) is 10.7. The fourth-order valence-corrected chi connectivity index (χ4v) is 1.21. The number of anilines is 2. The van der Waals surface area contributed by atoms with E-state index in [2.05, 4.69) is 0 Å². The first-order valence-electron chi connectivity index (χ1n) is 4.63. The van der Waals surface area contributed by atoms with Gasteiger partial charge < -0.3 is 28.5 Å². The average molecular weight is 234 g/mol. The molecule has 0 aromatic heterocycles. The lowest BCUT2D eigenvalue weighted by Gasteiger charge is -2.05. The van der Waals surface area contributed by atoms with Crippen LogP contribution in [0.4, 0.5) is 11.4 Å². The summed E-state index contributed by atoms with van der Waals surface area (Å²) in [5.74, 6) is 1.52. The maximum Gasteiger partial charge on any atom is 0.127 e. The first kappa shape index (κ1) is 14.8. The van der Waals surface area contributed by atoms with Crippen molar-refractivity contribution in [1.29, 1.82) is 0 Å². The molecule has 0 fully saturated rings. The highest BCUT2D eigenvalue weighted by atomic mass is 16.5. The van der Waals surface area contributed by atoms with Gasteiger partial charge in [0.2, 0.25) is 0 Å². The molecule has 10 N–H and O–H groups in total. The molecule has 0 radical (unpaired) electrons. The third kappa shape index (κ3) is 4.02. The molecule has 0 atom stereocenters. The van der Waals surface area contributed by atoms with Crippen LogP contribution >= 0.6 is 0 Å². The molecule has 0 unspecified atom stereocenters. The second-order valence-electron chi connectivity index (χ2n) is 3.24. The van der Waals surface area contributed by atoms with E-state index >= 15 is 0 Å². The van der Waals surface area contributed by atoms with Gasteiger partial charge >= 0.3 is 0 Å². The van der Waals surface area contributed by atoms with E-state index in [4.69, 9.17) is 16.2 Å². The molecule has 92 valence electrons. The van der Waals surface area contributed by atoms with Crippen LogP contribution in [0.1, 0.15) is 0 Å². The number of rotatable bonds is 2. The van der Waals surface area contributed by atoms with Crippen LogP contribution in [-0.4, -0.2) is 0 Å². The molecule has 5 nitrogen and oxygen atoms in total. The number of hydrogen-bond donors (Lipinski definition) is 4. The number of nitrogens with two attached hydrogens (primary N) is 2. The van der Waals surface area contributed by atoms with Crippen molar-refractivity contribution in [1.82, 2.24) is 12.3 Å². The van der Waals surface area contributed by atoms with E-state index in [0.717, 1.165) is 22.9 Å². The van der Waals surface area contributed by atoms with Gasteiger partial charge in [-0.15, -0.1) is 0 Å². The minimum Gasteiger partial charge on any atom is -0.457 e. The van der Waals surface area contributed by atoms with Gasteiger partial charge in [0.1, 0.15) is 11.5 Å². The van der Waals surface area contributed by atoms with Crippen molar-refractivity contribution < 1.29 is 4.74 Å². The zero-order valence-electron chi connectivity index (χ0n) is 9.60. The third-order valence-electron chi connectivity index (χ3n) is 2.00. The topological polar surface area (TPSA) is 131 Å². The van der Waals surface area contributed by atoms with E-state index < -0.39 is 0 Å². The van der Waals surface area contributed by atoms with Crippen LogP contribution in [0, 0.1) is 0 Å². The Kier molecular flexibility index (Phi) is 5.53. The van der Waals surface area contributed by atoms with Crippen molar-refractivity contribution in [3.8, 4) is 11.5 Å². The van der Waals surface area contributed by atoms with Crippen molar-refractivity contribution in [3.63, 3.8) is 0 Å². The van der Waals surface area contributed by atoms with E-state index in [1.807, 2.05) is 24.3 Å². The summed E-state index contributed by atoms with van der Waals surface area (Å²) in [6, 6.07) is 14.5. The van der Waals surface area contributed by atoms with Gasteiger partial charge in [0.15, 0.2) is 0 Å². The summed E-state index contributed by atoms with van der Waals surface area (Å²) < 4.78 is 5.58. The molecule has 0 aliphatic carbocycles. The second kappa shape index (κ2) is 6.37. The van der Waals surface area contributed by atoms with Crippen LogP contribution in [0.2, 0.25) is 0 Å². The highest BCUT2D eigenvalue weighted by Gasteiger charge is 1.96. The Hall–Kier alpha value is -2.24. The highest BCUT2D eigenvalue weighted by molar-refractivity contribution is 5.45. The standard InChI is InChI=1S/C12H12N2O.2H3N/c13-9-1-5-11(6-2-9)15-12-7-3-10(14)4-8-12;;/h1-8H,13-14H2;2*1H3. The first-order valence-corrected chi connectivity index (χ1v) is 4.63. The van der Waals surface area contributed by atoms with E-state index in [-0.39, 0.29) is 12.3 Å². The second-order valence-corrected chi connectivity index (χ2v) is 3.24. The van der Waals surface area contributed by atoms with Crippen molar-refractivity contribution in [2.75, 3.05) is 11.5 Å². The van der Waals surface area contributed by atoms with Gasteiger partial charge in [-0.05, 0) is 48.5 Å². The molecule has 2 aromatic carbocycles. The first-order chi connectivity index (χ1) is 7.24. The number of hydrogen-bond acceptors (Lipinski definition) is 5. The fraction of sp³-hybridized carbons (Fsp3) is 0. The van der Waals surface area contributed by atoms with E-state index in [1.165, 1.54) is 0 Å². The summed E-state index contributed by atoms with van der Waals surface area (Å²) >= 11 is 0. The summed E-state index contributed by atoms with van der Waals surface area (Å²) in [5, 5.41) is 0. The Balaban J connectivity index is 0.00000128. The summed E-state index contributed by atoms with van der Waals surface area (Å²) in [5.41, 5.74) is 12.6.